The molecule has 2 aliphatic carbocycles. The first kappa shape index (κ1) is 15.2. The highest BCUT2D eigenvalue weighted by molar-refractivity contribution is 5.89. The molecule has 5 nitrogen and oxygen atoms in total. The molecule has 3 N–H and O–H groups in total. The third-order valence-electron chi connectivity index (χ3n) is 4.56. The molecule has 2 amide bonds. The van der Waals surface area contributed by atoms with Crippen LogP contribution in [0.4, 0.5) is 10.5 Å². The molecule has 0 heterocycles. The summed E-state index contributed by atoms with van der Waals surface area (Å²) in [7, 11) is 0. The van der Waals surface area contributed by atoms with Crippen LogP contribution in [0.1, 0.15) is 44.9 Å². The molecule has 0 radical (unpaired) electrons. The van der Waals surface area contributed by atoms with Gasteiger partial charge in [-0.15, -0.1) is 0 Å². The number of nitrogens with one attached hydrogen (secondary N) is 2. The first-order chi connectivity index (χ1) is 10.6. The Labute approximate surface area is 131 Å². The number of benzene rings is 1. The summed E-state index contributed by atoms with van der Waals surface area (Å²) in [4.78, 5) is 11.9. The van der Waals surface area contributed by atoms with Crippen LogP contribution in [0.15, 0.2) is 24.3 Å². The molecule has 2 fully saturated rings. The maximum Gasteiger partial charge on any atom is 0.319 e. The second kappa shape index (κ2) is 6.57. The lowest BCUT2D eigenvalue weighted by atomic mass is 9.80. The largest absolute Gasteiger partial charge is 0.490 e. The van der Waals surface area contributed by atoms with Crippen LogP contribution in [-0.4, -0.2) is 29.4 Å². The first-order valence-electron chi connectivity index (χ1n) is 8.17. The Morgan fingerprint density at radius 3 is 2.73 bits per heavy atom. The zero-order valence-corrected chi connectivity index (χ0v) is 12.8. The molecule has 5 heteroatoms. The number of hydrogen-bond donors (Lipinski definition) is 3. The monoisotopic (exact) mass is 304 g/mol. The molecule has 0 aliphatic heterocycles. The van der Waals surface area contributed by atoms with Crippen LogP contribution in [0.2, 0.25) is 0 Å². The van der Waals surface area contributed by atoms with Crippen molar-refractivity contribution >= 4 is 11.7 Å². The van der Waals surface area contributed by atoms with Gasteiger partial charge in [-0.3, -0.25) is 0 Å². The van der Waals surface area contributed by atoms with Crippen molar-refractivity contribution in [2.75, 3.05) is 11.9 Å². The number of urea groups is 1. The van der Waals surface area contributed by atoms with Gasteiger partial charge < -0.3 is 20.5 Å². The van der Waals surface area contributed by atoms with Gasteiger partial charge in [0.25, 0.3) is 0 Å². The van der Waals surface area contributed by atoms with Gasteiger partial charge in [0.15, 0.2) is 0 Å². The fourth-order valence-corrected chi connectivity index (χ4v) is 3.03. The predicted octanol–water partition coefficient (Wildman–Crippen LogP) is 3.04. The number of ether oxygens (including phenoxy) is 1. The molecular formula is C17H24N2O3. The van der Waals surface area contributed by atoms with Gasteiger partial charge >= 0.3 is 6.03 Å². The van der Waals surface area contributed by atoms with E-state index in [0.717, 1.165) is 37.9 Å². The Bertz CT molecular complexity index is 522. The molecule has 1 aromatic carbocycles. The van der Waals surface area contributed by atoms with Gasteiger partial charge in [-0.1, -0.05) is 6.07 Å². The maximum absolute atomic E-state index is 11.9. The lowest BCUT2D eigenvalue weighted by Crippen LogP contribution is -2.48. The average Bonchev–Trinajstić information content (AvgIpc) is 2.96. The maximum atomic E-state index is 11.9. The molecule has 22 heavy (non-hydrogen) atoms. The molecule has 0 aromatic heterocycles. The summed E-state index contributed by atoms with van der Waals surface area (Å²) in [6, 6.07) is 7.17. The van der Waals surface area contributed by atoms with Crippen molar-refractivity contribution in [1.82, 2.24) is 5.32 Å². The van der Waals surface area contributed by atoms with Crippen molar-refractivity contribution in [2.45, 2.75) is 56.7 Å². The molecular weight excluding hydrogens is 280 g/mol. The van der Waals surface area contributed by atoms with Gasteiger partial charge in [0.05, 0.1) is 11.7 Å². The van der Waals surface area contributed by atoms with Gasteiger partial charge in [0.1, 0.15) is 5.75 Å². The van der Waals surface area contributed by atoms with Crippen molar-refractivity contribution in [3.63, 3.8) is 0 Å². The van der Waals surface area contributed by atoms with Crippen LogP contribution in [-0.2, 0) is 0 Å². The molecule has 0 atom stereocenters. The van der Waals surface area contributed by atoms with E-state index < -0.39 is 5.60 Å². The third-order valence-corrected chi connectivity index (χ3v) is 4.56. The minimum absolute atomic E-state index is 0.293. The average molecular weight is 304 g/mol. The van der Waals surface area contributed by atoms with Crippen molar-refractivity contribution in [3.05, 3.63) is 24.3 Å². The number of hydrogen-bond acceptors (Lipinski definition) is 3. The van der Waals surface area contributed by atoms with E-state index in [1.165, 1.54) is 12.8 Å². The lowest BCUT2D eigenvalue weighted by molar-refractivity contribution is -0.0287. The van der Waals surface area contributed by atoms with Crippen LogP contribution in [0.25, 0.3) is 0 Å². The number of rotatable bonds is 5. The summed E-state index contributed by atoms with van der Waals surface area (Å²) in [5, 5.41) is 15.5. The summed E-state index contributed by atoms with van der Waals surface area (Å²) in [6.07, 6.45) is 7.53. The highest BCUT2D eigenvalue weighted by Gasteiger charge is 2.34. The Morgan fingerprint density at radius 2 is 2.05 bits per heavy atom. The SMILES string of the molecule is O=C(NCC1(O)CCC1)Nc1cccc(OC2CCCC2)c1. The molecule has 2 aliphatic rings. The number of carbonyl (C=O) groups excluding carboxylic acids is 1. The van der Waals surface area contributed by atoms with Gasteiger partial charge in [-0.05, 0) is 57.1 Å². The summed E-state index contributed by atoms with van der Waals surface area (Å²) in [6.45, 7) is 0.303. The summed E-state index contributed by atoms with van der Waals surface area (Å²) < 4.78 is 5.93. The summed E-state index contributed by atoms with van der Waals surface area (Å²) in [5.74, 6) is 0.794. The molecule has 0 unspecified atom stereocenters. The second-order valence-corrected chi connectivity index (χ2v) is 6.44. The Kier molecular flexibility index (Phi) is 4.52. The highest BCUT2D eigenvalue weighted by Crippen LogP contribution is 2.30. The van der Waals surface area contributed by atoms with E-state index in [4.69, 9.17) is 4.74 Å². The van der Waals surface area contributed by atoms with Crippen LogP contribution in [0.5, 0.6) is 5.75 Å². The predicted molar refractivity (Wildman–Crippen MR) is 85.1 cm³/mol. The zero-order chi connectivity index (χ0) is 15.4. The second-order valence-electron chi connectivity index (χ2n) is 6.44. The minimum Gasteiger partial charge on any atom is -0.490 e. The minimum atomic E-state index is -0.704. The van der Waals surface area contributed by atoms with E-state index in [2.05, 4.69) is 10.6 Å². The fraction of sp³-hybridized carbons (Fsp3) is 0.588. The highest BCUT2D eigenvalue weighted by atomic mass is 16.5. The smallest absolute Gasteiger partial charge is 0.319 e. The van der Waals surface area contributed by atoms with E-state index >= 15 is 0 Å². The van der Waals surface area contributed by atoms with E-state index in [1.54, 1.807) is 0 Å². The van der Waals surface area contributed by atoms with Crippen LogP contribution >= 0.6 is 0 Å². The van der Waals surface area contributed by atoms with Crippen molar-refractivity contribution in [3.8, 4) is 5.75 Å². The van der Waals surface area contributed by atoms with Crippen LogP contribution in [0, 0.1) is 0 Å². The number of carbonyl (C=O) groups is 1. The van der Waals surface area contributed by atoms with E-state index in [9.17, 15) is 9.90 Å². The number of anilines is 1. The number of amides is 2. The molecule has 0 saturated heterocycles. The van der Waals surface area contributed by atoms with Gasteiger partial charge in [0, 0.05) is 18.3 Å². The van der Waals surface area contributed by atoms with Crippen LogP contribution < -0.4 is 15.4 Å². The van der Waals surface area contributed by atoms with Crippen molar-refractivity contribution < 1.29 is 14.6 Å². The number of aliphatic hydroxyl groups is 1. The first-order valence-corrected chi connectivity index (χ1v) is 8.17. The van der Waals surface area contributed by atoms with Crippen molar-refractivity contribution in [2.24, 2.45) is 0 Å². The normalized spacial score (nSPS) is 20.2. The molecule has 1 aromatic rings. The summed E-state index contributed by atoms with van der Waals surface area (Å²) in [5.41, 5.74) is -0.00119. The lowest BCUT2D eigenvalue weighted by Gasteiger charge is -2.36. The molecule has 3 rings (SSSR count). The molecule has 120 valence electrons. The molecule has 0 spiro atoms. The third kappa shape index (κ3) is 3.91. The molecule has 2 saturated carbocycles. The van der Waals surface area contributed by atoms with E-state index in [0.29, 0.717) is 18.3 Å². The van der Waals surface area contributed by atoms with E-state index in [-0.39, 0.29) is 6.03 Å². The molecule has 0 bridgehead atoms. The standard InChI is InChI=1S/C17H24N2O3/c20-16(18-12-17(21)9-4-10-17)19-13-5-3-8-15(11-13)22-14-6-1-2-7-14/h3,5,8,11,14,21H,1-2,4,6-7,9-10,12H2,(H2,18,19,20). The Hall–Kier alpha value is -1.75. The Morgan fingerprint density at radius 1 is 1.27 bits per heavy atom. The van der Waals surface area contributed by atoms with Gasteiger partial charge in [-0.2, -0.15) is 0 Å². The quantitative estimate of drug-likeness (QED) is 0.783. The van der Waals surface area contributed by atoms with Crippen LogP contribution in [0.3, 0.4) is 0 Å². The van der Waals surface area contributed by atoms with Gasteiger partial charge in [0.2, 0.25) is 0 Å². The summed E-state index contributed by atoms with van der Waals surface area (Å²) >= 11 is 0. The van der Waals surface area contributed by atoms with Crippen molar-refractivity contribution in [1.29, 1.82) is 0 Å². The van der Waals surface area contributed by atoms with E-state index in [1.807, 2.05) is 24.3 Å². The van der Waals surface area contributed by atoms with Gasteiger partial charge in [-0.25, -0.2) is 4.79 Å². The Balaban J connectivity index is 1.49. The zero-order valence-electron chi connectivity index (χ0n) is 12.8. The topological polar surface area (TPSA) is 70.6 Å². The fourth-order valence-electron chi connectivity index (χ4n) is 3.03.